The fourth-order valence-electron chi connectivity index (χ4n) is 13.7. The van der Waals surface area contributed by atoms with Gasteiger partial charge in [0.25, 0.3) is 0 Å². The molecular weight excluding hydrogens is 977 g/mol. The van der Waals surface area contributed by atoms with Gasteiger partial charge in [0, 0.05) is 10.8 Å². The van der Waals surface area contributed by atoms with Crippen molar-refractivity contribution in [2.24, 2.45) is 0 Å². The largest absolute Gasteiger partial charge is 0.456 e. The van der Waals surface area contributed by atoms with E-state index in [0.29, 0.717) is 0 Å². The second-order valence-electron chi connectivity index (χ2n) is 21.8. The van der Waals surface area contributed by atoms with E-state index in [1.54, 1.807) is 0 Å². The van der Waals surface area contributed by atoms with Gasteiger partial charge in [0.15, 0.2) is 0 Å². The molecule has 0 fully saturated rings. The lowest BCUT2D eigenvalue weighted by Crippen LogP contribution is -1.91. The van der Waals surface area contributed by atoms with Gasteiger partial charge < -0.3 is 4.42 Å². The molecule has 0 unspecified atom stereocenters. The lowest BCUT2D eigenvalue weighted by molar-refractivity contribution is 0.669. The molecule has 18 aromatic rings. The molecule has 0 atom stereocenters. The number of benzene rings is 17. The third kappa shape index (κ3) is 7.19. The average molecular weight is 1030 g/mol. The van der Waals surface area contributed by atoms with Gasteiger partial charge in [0.05, 0.1) is 0 Å². The van der Waals surface area contributed by atoms with E-state index in [0.717, 1.165) is 21.9 Å². The maximum Gasteiger partial charge on any atom is 0.136 e. The molecular formula is C80H48O. The van der Waals surface area contributed by atoms with Gasteiger partial charge in [-0.3, -0.25) is 0 Å². The molecule has 0 saturated heterocycles. The van der Waals surface area contributed by atoms with E-state index in [1.807, 2.05) is 0 Å². The Morgan fingerprint density at radius 1 is 0.173 bits per heavy atom. The summed E-state index contributed by atoms with van der Waals surface area (Å²) in [6, 6.07) is 107. The number of furan rings is 1. The summed E-state index contributed by atoms with van der Waals surface area (Å²) in [6.45, 7) is 0. The highest BCUT2D eigenvalue weighted by Crippen LogP contribution is 2.47. The Morgan fingerprint density at radius 2 is 0.568 bits per heavy atom. The normalized spacial score (nSPS) is 12.0. The topological polar surface area (TPSA) is 13.1 Å². The molecule has 0 aliphatic carbocycles. The van der Waals surface area contributed by atoms with Crippen molar-refractivity contribution >= 4 is 119 Å². The molecule has 0 amide bonds. The van der Waals surface area contributed by atoms with E-state index in [9.17, 15) is 0 Å². The zero-order chi connectivity index (χ0) is 53.1. The first kappa shape index (κ1) is 45.4. The lowest BCUT2D eigenvalue weighted by atomic mass is 9.86. The van der Waals surface area contributed by atoms with E-state index in [1.165, 1.54) is 153 Å². The number of rotatable bonds is 5. The van der Waals surface area contributed by atoms with Gasteiger partial charge >= 0.3 is 0 Å². The summed E-state index contributed by atoms with van der Waals surface area (Å²) in [4.78, 5) is 0. The first-order valence-electron chi connectivity index (χ1n) is 28.0. The van der Waals surface area contributed by atoms with Crippen LogP contribution in [-0.4, -0.2) is 0 Å². The number of fused-ring (bicyclic) bond motifs is 6. The Bertz CT molecular complexity index is 5260. The minimum Gasteiger partial charge on any atom is -0.456 e. The first-order chi connectivity index (χ1) is 40.1. The quantitative estimate of drug-likeness (QED) is 0.124. The van der Waals surface area contributed by atoms with Gasteiger partial charge in [0.1, 0.15) is 11.2 Å². The Kier molecular flexibility index (Phi) is 10.1. The average Bonchev–Trinajstić information content (AvgIpc) is 4.09. The second-order valence-corrected chi connectivity index (χ2v) is 21.8. The molecule has 0 aliphatic heterocycles. The summed E-state index contributed by atoms with van der Waals surface area (Å²) in [5.41, 5.74) is 14.3. The zero-order valence-electron chi connectivity index (χ0n) is 44.1. The standard InChI is InChI=1S/C44H26.C36H22O/c1-2-6-27(7-3-1)34-24-35(37-20-16-32-14-12-28-8-4-10-30-18-22-39(37)43(32)41(28)30)26-36(25-34)38-21-17-33-15-13-29-9-5-11-31-19-23-40(38)44(33)42(29)31;1-2-10-23(11-3-1)35-27-14-6-8-16-29(27)36(30-17-9-7-15-28(30)35)26-18-19-33-31(21-26)32-20-24-12-4-5-13-25(24)22-34(32)37-33/h1-26H;1-22H. The van der Waals surface area contributed by atoms with Crippen LogP contribution in [0.25, 0.3) is 175 Å². The maximum absolute atomic E-state index is 6.30. The fourth-order valence-corrected chi connectivity index (χ4v) is 13.7. The number of hydrogen-bond acceptors (Lipinski definition) is 1. The van der Waals surface area contributed by atoms with Crippen LogP contribution in [0.15, 0.2) is 296 Å². The highest BCUT2D eigenvalue weighted by molar-refractivity contribution is 6.28. The van der Waals surface area contributed by atoms with Gasteiger partial charge in [-0.15, -0.1) is 0 Å². The van der Waals surface area contributed by atoms with Crippen LogP contribution in [0.2, 0.25) is 0 Å². The molecule has 1 heteroatoms. The molecule has 1 nitrogen and oxygen atoms in total. The van der Waals surface area contributed by atoms with Crippen LogP contribution in [0.4, 0.5) is 0 Å². The third-order valence-corrected chi connectivity index (χ3v) is 17.3. The summed E-state index contributed by atoms with van der Waals surface area (Å²) in [5.74, 6) is 0. The third-order valence-electron chi connectivity index (χ3n) is 17.3. The zero-order valence-corrected chi connectivity index (χ0v) is 44.1. The van der Waals surface area contributed by atoms with Crippen molar-refractivity contribution in [2.45, 2.75) is 0 Å². The molecule has 0 spiro atoms. The van der Waals surface area contributed by atoms with Crippen molar-refractivity contribution in [1.82, 2.24) is 0 Å². The summed E-state index contributed by atoms with van der Waals surface area (Å²) >= 11 is 0. The SMILES string of the molecule is c1ccc(-c2c3ccccc3c(-c3ccc4oc5cc6ccccc6cc5c4c3)c3ccccc23)cc1.c1ccc(-c2cc(-c3ccc4ccc5cccc6ccc3c4c56)cc(-c3ccc4ccc5cccc6ccc3c4c56)c2)cc1. The Balaban J connectivity index is 0.000000131. The number of hydrogen-bond donors (Lipinski definition) is 0. The van der Waals surface area contributed by atoms with Gasteiger partial charge in [-0.25, -0.2) is 0 Å². The smallest absolute Gasteiger partial charge is 0.136 e. The van der Waals surface area contributed by atoms with Crippen molar-refractivity contribution in [2.75, 3.05) is 0 Å². The van der Waals surface area contributed by atoms with Gasteiger partial charge in [-0.05, 0) is 195 Å². The van der Waals surface area contributed by atoms with E-state index in [-0.39, 0.29) is 0 Å². The monoisotopic (exact) mass is 1020 g/mol. The molecule has 0 radical (unpaired) electrons. The Morgan fingerprint density at radius 3 is 1.10 bits per heavy atom. The minimum atomic E-state index is 0.920. The van der Waals surface area contributed by atoms with Crippen LogP contribution in [0.3, 0.4) is 0 Å². The van der Waals surface area contributed by atoms with Gasteiger partial charge in [0.2, 0.25) is 0 Å². The van der Waals surface area contributed by atoms with E-state index in [4.69, 9.17) is 4.42 Å². The predicted molar refractivity (Wildman–Crippen MR) is 347 cm³/mol. The molecule has 81 heavy (non-hydrogen) atoms. The van der Waals surface area contributed by atoms with E-state index in [2.05, 4.69) is 291 Å². The highest BCUT2D eigenvalue weighted by Gasteiger charge is 2.20. The molecule has 17 aromatic carbocycles. The lowest BCUT2D eigenvalue weighted by Gasteiger charge is -2.18. The first-order valence-corrected chi connectivity index (χ1v) is 28.0. The fraction of sp³-hybridized carbons (Fsp3) is 0. The van der Waals surface area contributed by atoms with Crippen molar-refractivity contribution in [3.8, 4) is 55.6 Å². The summed E-state index contributed by atoms with van der Waals surface area (Å²) < 4.78 is 6.30. The minimum absolute atomic E-state index is 0.920. The van der Waals surface area contributed by atoms with Crippen LogP contribution in [-0.2, 0) is 0 Å². The molecule has 0 aliphatic rings. The van der Waals surface area contributed by atoms with Crippen LogP contribution in [0, 0.1) is 0 Å². The van der Waals surface area contributed by atoms with Gasteiger partial charge in [-0.2, -0.15) is 0 Å². The molecule has 0 saturated carbocycles. The molecule has 0 bridgehead atoms. The van der Waals surface area contributed by atoms with Crippen molar-refractivity contribution in [3.63, 3.8) is 0 Å². The molecule has 1 heterocycles. The highest BCUT2D eigenvalue weighted by atomic mass is 16.3. The molecule has 374 valence electrons. The van der Waals surface area contributed by atoms with Crippen LogP contribution in [0.1, 0.15) is 0 Å². The van der Waals surface area contributed by atoms with Gasteiger partial charge in [-0.1, -0.05) is 249 Å². The molecule has 18 rings (SSSR count). The van der Waals surface area contributed by atoms with Crippen molar-refractivity contribution < 1.29 is 4.42 Å². The summed E-state index contributed by atoms with van der Waals surface area (Å²) in [5, 5.41) is 25.6. The Labute approximate surface area is 467 Å². The van der Waals surface area contributed by atoms with Crippen molar-refractivity contribution in [3.05, 3.63) is 291 Å². The van der Waals surface area contributed by atoms with Crippen LogP contribution >= 0.6 is 0 Å². The molecule has 1 aromatic heterocycles. The summed E-state index contributed by atoms with van der Waals surface area (Å²) in [7, 11) is 0. The van der Waals surface area contributed by atoms with Crippen LogP contribution in [0.5, 0.6) is 0 Å². The van der Waals surface area contributed by atoms with E-state index >= 15 is 0 Å². The molecule has 0 N–H and O–H groups in total. The maximum atomic E-state index is 6.30. The Hall–Kier alpha value is -10.6. The predicted octanol–water partition coefficient (Wildman–Crippen LogP) is 22.9. The summed E-state index contributed by atoms with van der Waals surface area (Å²) in [6.07, 6.45) is 0. The second kappa shape index (κ2) is 18.0. The van der Waals surface area contributed by atoms with Crippen molar-refractivity contribution in [1.29, 1.82) is 0 Å². The van der Waals surface area contributed by atoms with Crippen LogP contribution < -0.4 is 0 Å². The van der Waals surface area contributed by atoms with E-state index < -0.39 is 0 Å².